The van der Waals surface area contributed by atoms with Gasteiger partial charge < -0.3 is 4.90 Å². The second kappa shape index (κ2) is 17.9. The number of rotatable bonds is 13. The lowest BCUT2D eigenvalue weighted by atomic mass is 9.63. The Kier molecular flexibility index (Phi) is 16.3. The van der Waals surface area contributed by atoms with Crippen LogP contribution in [0, 0.1) is 6.92 Å². The lowest BCUT2D eigenvalue weighted by Crippen LogP contribution is -2.36. The lowest BCUT2D eigenvalue weighted by molar-refractivity contribution is 0.175. The Morgan fingerprint density at radius 3 is 2.05 bits per heavy atom. The van der Waals surface area contributed by atoms with Crippen molar-refractivity contribution in [3.63, 3.8) is 0 Å². The second-order valence-electron chi connectivity index (χ2n) is 12.5. The molecule has 228 valence electrons. The van der Waals surface area contributed by atoms with E-state index in [0.717, 1.165) is 18.2 Å². The van der Waals surface area contributed by atoms with Crippen molar-refractivity contribution in [1.29, 1.82) is 0 Å². The minimum atomic E-state index is 0.211. The summed E-state index contributed by atoms with van der Waals surface area (Å²) in [5.74, 6) is 0. The van der Waals surface area contributed by atoms with Gasteiger partial charge in [-0.2, -0.15) is 0 Å². The molecule has 0 aliphatic heterocycles. The standard InChI is InChI=1S/C33H53N3.2C2H6/c1-9-12-15-27(11-3)36(21-10-2)22-14-13-16-30-25(4)31(35-24-34-30)26-17-18-28-29(23-26)33(7,8)20-19-32(28,5)6;2*1-2/h17-18,23-24,27H,9-16,19-22H2,1-8H3;2*1-2H3. The summed E-state index contributed by atoms with van der Waals surface area (Å²) in [6.07, 6.45) is 14.2. The van der Waals surface area contributed by atoms with Crippen LogP contribution >= 0.6 is 0 Å². The first-order valence-electron chi connectivity index (χ1n) is 16.8. The monoisotopic (exact) mass is 552 g/mol. The predicted octanol–water partition coefficient (Wildman–Crippen LogP) is 10.9. The first kappa shape index (κ1) is 36.3. The zero-order chi connectivity index (χ0) is 30.3. The van der Waals surface area contributed by atoms with E-state index in [0.29, 0.717) is 0 Å². The van der Waals surface area contributed by atoms with Crippen molar-refractivity contribution in [2.45, 2.75) is 164 Å². The predicted molar refractivity (Wildman–Crippen MR) is 179 cm³/mol. The molecule has 0 amide bonds. The highest BCUT2D eigenvalue weighted by molar-refractivity contribution is 5.66. The lowest BCUT2D eigenvalue weighted by Gasteiger charge is -2.42. The molecule has 3 nitrogen and oxygen atoms in total. The number of nitrogens with zero attached hydrogens (tertiary/aromatic N) is 3. The summed E-state index contributed by atoms with van der Waals surface area (Å²) in [6.45, 7) is 29.2. The summed E-state index contributed by atoms with van der Waals surface area (Å²) in [6, 6.07) is 7.84. The molecule has 0 bridgehead atoms. The molecule has 2 aromatic rings. The number of hydrogen-bond donors (Lipinski definition) is 0. The molecule has 3 heteroatoms. The zero-order valence-electron chi connectivity index (χ0n) is 28.7. The van der Waals surface area contributed by atoms with E-state index in [2.05, 4.69) is 78.5 Å². The third-order valence-corrected chi connectivity index (χ3v) is 8.81. The summed E-state index contributed by atoms with van der Waals surface area (Å²) in [5.41, 5.74) is 8.30. The maximum atomic E-state index is 4.77. The summed E-state index contributed by atoms with van der Waals surface area (Å²) in [5, 5.41) is 0. The fourth-order valence-electron chi connectivity index (χ4n) is 6.22. The van der Waals surface area contributed by atoms with Crippen LogP contribution in [0.25, 0.3) is 11.3 Å². The number of aryl methyl sites for hydroxylation is 1. The van der Waals surface area contributed by atoms with Crippen LogP contribution in [0.4, 0.5) is 0 Å². The summed E-state index contributed by atoms with van der Waals surface area (Å²) < 4.78 is 0. The fourth-order valence-corrected chi connectivity index (χ4v) is 6.22. The minimum absolute atomic E-state index is 0.211. The van der Waals surface area contributed by atoms with Crippen molar-refractivity contribution in [3.05, 3.63) is 46.9 Å². The molecule has 1 unspecified atom stereocenters. The van der Waals surface area contributed by atoms with E-state index in [9.17, 15) is 0 Å². The van der Waals surface area contributed by atoms with Crippen LogP contribution in [0.15, 0.2) is 24.5 Å². The van der Waals surface area contributed by atoms with Crippen molar-refractivity contribution < 1.29 is 0 Å². The van der Waals surface area contributed by atoms with Gasteiger partial charge in [0.05, 0.1) is 5.69 Å². The quantitative estimate of drug-likeness (QED) is 0.232. The zero-order valence-corrected chi connectivity index (χ0v) is 28.7. The van der Waals surface area contributed by atoms with E-state index in [1.807, 2.05) is 27.7 Å². The molecule has 40 heavy (non-hydrogen) atoms. The molecule has 0 fully saturated rings. The molecule has 1 atom stereocenters. The summed E-state index contributed by atoms with van der Waals surface area (Å²) >= 11 is 0. The first-order chi connectivity index (χ1) is 19.1. The van der Waals surface area contributed by atoms with Gasteiger partial charge in [0.15, 0.2) is 0 Å². The van der Waals surface area contributed by atoms with E-state index < -0.39 is 0 Å². The Morgan fingerprint density at radius 1 is 0.800 bits per heavy atom. The highest BCUT2D eigenvalue weighted by atomic mass is 15.1. The smallest absolute Gasteiger partial charge is 0.116 e. The van der Waals surface area contributed by atoms with Crippen LogP contribution in [0.1, 0.15) is 156 Å². The maximum absolute atomic E-state index is 4.77. The average Bonchev–Trinajstić information content (AvgIpc) is 2.96. The van der Waals surface area contributed by atoms with Gasteiger partial charge in [0.2, 0.25) is 0 Å². The van der Waals surface area contributed by atoms with Gasteiger partial charge in [0, 0.05) is 17.3 Å². The topological polar surface area (TPSA) is 29.0 Å². The van der Waals surface area contributed by atoms with Crippen LogP contribution in [0.5, 0.6) is 0 Å². The van der Waals surface area contributed by atoms with Gasteiger partial charge in [-0.3, -0.25) is 0 Å². The van der Waals surface area contributed by atoms with Gasteiger partial charge >= 0.3 is 0 Å². The van der Waals surface area contributed by atoms with Crippen molar-refractivity contribution in [2.24, 2.45) is 0 Å². The third kappa shape index (κ3) is 9.68. The Hall–Kier alpha value is -1.74. The van der Waals surface area contributed by atoms with E-state index in [1.165, 1.54) is 98.8 Å². The highest BCUT2D eigenvalue weighted by Gasteiger charge is 2.37. The molecular weight excluding hydrogens is 486 g/mol. The number of hydrogen-bond acceptors (Lipinski definition) is 3. The van der Waals surface area contributed by atoms with Gasteiger partial charge in [-0.15, -0.1) is 0 Å². The van der Waals surface area contributed by atoms with Crippen LogP contribution < -0.4 is 0 Å². The van der Waals surface area contributed by atoms with Gasteiger partial charge in [0.25, 0.3) is 0 Å². The largest absolute Gasteiger partial charge is 0.300 e. The SMILES string of the molecule is CC.CC.CCCCC(CC)N(CCC)CCCCc1ncnc(-c2ccc3c(c2)C(C)(C)CCC3(C)C)c1C. The van der Waals surface area contributed by atoms with Crippen molar-refractivity contribution >= 4 is 0 Å². The molecule has 0 saturated heterocycles. The van der Waals surface area contributed by atoms with Gasteiger partial charge in [0.1, 0.15) is 6.33 Å². The number of benzene rings is 1. The molecule has 1 aromatic heterocycles. The number of fused-ring (bicyclic) bond motifs is 1. The second-order valence-corrected chi connectivity index (χ2v) is 12.5. The van der Waals surface area contributed by atoms with Crippen LogP contribution in [-0.2, 0) is 17.3 Å². The third-order valence-electron chi connectivity index (χ3n) is 8.81. The van der Waals surface area contributed by atoms with Crippen molar-refractivity contribution in [1.82, 2.24) is 14.9 Å². The summed E-state index contributed by atoms with van der Waals surface area (Å²) in [4.78, 5) is 12.2. The molecule has 0 spiro atoms. The Morgan fingerprint density at radius 2 is 1.45 bits per heavy atom. The van der Waals surface area contributed by atoms with E-state index in [-0.39, 0.29) is 10.8 Å². The van der Waals surface area contributed by atoms with E-state index >= 15 is 0 Å². The molecule has 0 saturated carbocycles. The average molecular weight is 552 g/mol. The molecule has 1 heterocycles. The van der Waals surface area contributed by atoms with Crippen LogP contribution in [-0.4, -0.2) is 34.0 Å². The van der Waals surface area contributed by atoms with Crippen LogP contribution in [0.3, 0.4) is 0 Å². The Bertz CT molecular complexity index is 975. The van der Waals surface area contributed by atoms with Crippen molar-refractivity contribution in [3.8, 4) is 11.3 Å². The van der Waals surface area contributed by atoms with Crippen molar-refractivity contribution in [2.75, 3.05) is 13.1 Å². The van der Waals surface area contributed by atoms with E-state index in [1.54, 1.807) is 6.33 Å². The summed E-state index contributed by atoms with van der Waals surface area (Å²) in [7, 11) is 0. The first-order valence-corrected chi connectivity index (χ1v) is 16.8. The molecule has 0 radical (unpaired) electrons. The van der Waals surface area contributed by atoms with E-state index in [4.69, 9.17) is 9.97 Å². The molecular formula is C37H65N3. The number of unbranched alkanes of at least 4 members (excludes halogenated alkanes) is 2. The van der Waals surface area contributed by atoms with Crippen LogP contribution in [0.2, 0.25) is 0 Å². The minimum Gasteiger partial charge on any atom is -0.300 e. The Balaban J connectivity index is 0.00000191. The normalized spacial score (nSPS) is 15.8. The van der Waals surface area contributed by atoms with Gasteiger partial charge in [-0.1, -0.05) is 101 Å². The molecule has 1 aliphatic rings. The number of aromatic nitrogens is 2. The fraction of sp³-hybridized carbons (Fsp3) is 0.730. The van der Waals surface area contributed by atoms with Gasteiger partial charge in [-0.05, 0) is 105 Å². The highest BCUT2D eigenvalue weighted by Crippen LogP contribution is 2.46. The van der Waals surface area contributed by atoms with Gasteiger partial charge in [-0.25, -0.2) is 9.97 Å². The maximum Gasteiger partial charge on any atom is 0.116 e. The molecule has 3 rings (SSSR count). The molecule has 1 aliphatic carbocycles. The Labute approximate surface area is 250 Å². The molecule has 1 aromatic carbocycles. The molecule has 0 N–H and O–H groups in total.